The molecule has 1 nitrogen and oxygen atoms in total. The van der Waals surface area contributed by atoms with Crippen LogP contribution in [-0.2, 0) is 11.2 Å². The first-order chi connectivity index (χ1) is 6.19. The molecular weight excluding hydrogens is 235 g/mol. The molecule has 0 aromatic heterocycles. The van der Waals surface area contributed by atoms with Gasteiger partial charge in [-0.1, -0.05) is 35.0 Å². The number of hydrogen-bond donors (Lipinski definition) is 0. The number of alkyl halides is 1. The van der Waals surface area contributed by atoms with Gasteiger partial charge < -0.3 is 4.79 Å². The molecule has 0 amide bonds. The number of aldehydes is 1. The molecule has 0 spiro atoms. The summed E-state index contributed by atoms with van der Waals surface area (Å²) in [5, 5.41) is 0. The van der Waals surface area contributed by atoms with Gasteiger partial charge in [-0.3, -0.25) is 0 Å². The number of carbonyl (C=O) groups is 1. The van der Waals surface area contributed by atoms with E-state index in [-0.39, 0.29) is 10.6 Å². The molecule has 0 aliphatic carbocycles. The molecule has 70 valence electrons. The van der Waals surface area contributed by atoms with Gasteiger partial charge in [0.25, 0.3) is 0 Å². The molecule has 3 heteroatoms. The van der Waals surface area contributed by atoms with E-state index in [1.54, 1.807) is 12.1 Å². The zero-order valence-electron chi connectivity index (χ0n) is 7.26. The highest BCUT2D eigenvalue weighted by molar-refractivity contribution is 9.09. The number of hydrogen-bond acceptors (Lipinski definition) is 1. The van der Waals surface area contributed by atoms with Crippen LogP contribution in [0, 0.1) is 5.82 Å². The monoisotopic (exact) mass is 244 g/mol. The average molecular weight is 245 g/mol. The summed E-state index contributed by atoms with van der Waals surface area (Å²) in [5.74, 6) is -0.211. The lowest BCUT2D eigenvalue weighted by atomic mass is 10.1. The van der Waals surface area contributed by atoms with Gasteiger partial charge in [0.05, 0.1) is 4.83 Å². The highest BCUT2D eigenvalue weighted by Gasteiger charge is 2.08. The van der Waals surface area contributed by atoms with Crippen LogP contribution in [-0.4, -0.2) is 6.29 Å². The summed E-state index contributed by atoms with van der Waals surface area (Å²) in [5.41, 5.74) is 1.44. The predicted octanol–water partition coefficient (Wildman–Crippen LogP) is 3.02. The Hall–Kier alpha value is -0.700. The summed E-state index contributed by atoms with van der Waals surface area (Å²) in [7, 11) is 0. The third-order valence-electron chi connectivity index (χ3n) is 1.89. The second kappa shape index (κ2) is 4.51. The van der Waals surface area contributed by atoms with E-state index in [1.165, 1.54) is 6.07 Å². The fourth-order valence-corrected chi connectivity index (χ4v) is 1.40. The van der Waals surface area contributed by atoms with Gasteiger partial charge in [0.2, 0.25) is 0 Å². The van der Waals surface area contributed by atoms with E-state index in [9.17, 15) is 9.18 Å². The van der Waals surface area contributed by atoms with Crippen LogP contribution in [0.2, 0.25) is 0 Å². The first-order valence-corrected chi connectivity index (χ1v) is 4.98. The van der Waals surface area contributed by atoms with Crippen molar-refractivity contribution >= 4 is 22.2 Å². The molecular formula is C10H10BrFO. The maximum atomic E-state index is 13.0. The average Bonchev–Trinajstić information content (AvgIpc) is 2.17. The molecule has 1 atom stereocenters. The zero-order chi connectivity index (χ0) is 9.84. The minimum atomic E-state index is -0.335. The molecule has 0 saturated heterocycles. The lowest BCUT2D eigenvalue weighted by Crippen LogP contribution is -1.95. The summed E-state index contributed by atoms with van der Waals surface area (Å²) in [6, 6.07) is 4.72. The second-order valence-electron chi connectivity index (χ2n) is 2.74. The smallest absolute Gasteiger partial charge is 0.138 e. The number of carbonyl (C=O) groups excluding carboxylic acids is 1. The van der Waals surface area contributed by atoms with Gasteiger partial charge in [0, 0.05) is 0 Å². The van der Waals surface area contributed by atoms with Gasteiger partial charge in [-0.05, 0) is 23.6 Å². The summed E-state index contributed by atoms with van der Waals surface area (Å²) in [6.45, 7) is 1.88. The molecule has 1 aromatic rings. The van der Waals surface area contributed by atoms with Crippen molar-refractivity contribution in [3.8, 4) is 0 Å². The lowest BCUT2D eigenvalue weighted by molar-refractivity contribution is -0.107. The molecule has 0 bridgehead atoms. The van der Waals surface area contributed by atoms with Crippen LogP contribution >= 0.6 is 15.9 Å². The van der Waals surface area contributed by atoms with Crippen molar-refractivity contribution in [3.05, 3.63) is 35.1 Å². The van der Waals surface area contributed by atoms with E-state index in [1.807, 2.05) is 6.92 Å². The molecule has 0 N–H and O–H groups in total. The highest BCUT2D eigenvalue weighted by atomic mass is 79.9. The van der Waals surface area contributed by atoms with Crippen molar-refractivity contribution in [1.29, 1.82) is 0 Å². The van der Waals surface area contributed by atoms with Crippen molar-refractivity contribution in [2.75, 3.05) is 0 Å². The molecule has 1 unspecified atom stereocenters. The predicted molar refractivity (Wildman–Crippen MR) is 53.5 cm³/mol. The minimum Gasteiger partial charge on any atom is -0.302 e. The Morgan fingerprint density at radius 3 is 2.85 bits per heavy atom. The molecule has 1 aromatic carbocycles. The van der Waals surface area contributed by atoms with Gasteiger partial charge in [-0.15, -0.1) is 0 Å². The maximum Gasteiger partial charge on any atom is 0.138 e. The molecule has 0 heterocycles. The topological polar surface area (TPSA) is 17.1 Å². The Morgan fingerprint density at radius 2 is 2.31 bits per heavy atom. The fraction of sp³-hybridized carbons (Fsp3) is 0.300. The second-order valence-corrected chi connectivity index (χ2v) is 3.73. The maximum absolute atomic E-state index is 13.0. The van der Waals surface area contributed by atoms with Gasteiger partial charge in [-0.25, -0.2) is 4.39 Å². The fourth-order valence-electron chi connectivity index (χ4n) is 1.12. The van der Waals surface area contributed by atoms with E-state index in [0.29, 0.717) is 12.0 Å². The number of benzene rings is 1. The normalized spacial score (nSPS) is 12.5. The zero-order valence-corrected chi connectivity index (χ0v) is 8.84. The van der Waals surface area contributed by atoms with Crippen LogP contribution < -0.4 is 0 Å². The molecule has 0 fully saturated rings. The van der Waals surface area contributed by atoms with Crippen molar-refractivity contribution in [2.45, 2.75) is 18.2 Å². The van der Waals surface area contributed by atoms with E-state index in [2.05, 4.69) is 15.9 Å². The van der Waals surface area contributed by atoms with Crippen LogP contribution in [0.25, 0.3) is 0 Å². The summed E-state index contributed by atoms with van der Waals surface area (Å²) < 4.78 is 13.0. The first-order valence-electron chi connectivity index (χ1n) is 4.06. The van der Waals surface area contributed by atoms with Crippen LogP contribution in [0.3, 0.4) is 0 Å². The third kappa shape index (κ3) is 2.37. The number of aryl methyl sites for hydroxylation is 1. The van der Waals surface area contributed by atoms with E-state index < -0.39 is 0 Å². The quantitative estimate of drug-likeness (QED) is 0.590. The SMILES string of the molecule is CCc1cc(C(Br)C=O)ccc1F. The molecule has 0 radical (unpaired) electrons. The van der Waals surface area contributed by atoms with E-state index in [0.717, 1.165) is 11.8 Å². The van der Waals surface area contributed by atoms with Crippen molar-refractivity contribution < 1.29 is 9.18 Å². The van der Waals surface area contributed by atoms with Crippen LogP contribution in [0.4, 0.5) is 4.39 Å². The van der Waals surface area contributed by atoms with E-state index in [4.69, 9.17) is 0 Å². The highest BCUT2D eigenvalue weighted by Crippen LogP contribution is 2.22. The van der Waals surface area contributed by atoms with Crippen molar-refractivity contribution in [2.24, 2.45) is 0 Å². The van der Waals surface area contributed by atoms with Crippen molar-refractivity contribution in [1.82, 2.24) is 0 Å². The standard InChI is InChI=1S/C10H10BrFO/c1-2-7-5-8(9(11)6-13)3-4-10(7)12/h3-6,9H,2H2,1H3. The first kappa shape index (κ1) is 10.4. The number of halogens is 2. The van der Waals surface area contributed by atoms with E-state index >= 15 is 0 Å². The van der Waals surface area contributed by atoms with Gasteiger partial charge >= 0.3 is 0 Å². The Bertz CT molecular complexity index is 312. The molecule has 0 aliphatic heterocycles. The lowest BCUT2D eigenvalue weighted by Gasteiger charge is -2.05. The summed E-state index contributed by atoms with van der Waals surface area (Å²) in [4.78, 5) is 10.1. The van der Waals surface area contributed by atoms with Gasteiger partial charge in [0.15, 0.2) is 0 Å². The summed E-state index contributed by atoms with van der Waals surface area (Å²) in [6.07, 6.45) is 1.42. The van der Waals surface area contributed by atoms with Gasteiger partial charge in [-0.2, -0.15) is 0 Å². The van der Waals surface area contributed by atoms with Crippen molar-refractivity contribution in [3.63, 3.8) is 0 Å². The van der Waals surface area contributed by atoms with Crippen LogP contribution in [0.5, 0.6) is 0 Å². The number of rotatable bonds is 3. The third-order valence-corrected chi connectivity index (χ3v) is 2.63. The minimum absolute atomic E-state index is 0.211. The molecule has 0 saturated carbocycles. The van der Waals surface area contributed by atoms with Crippen LogP contribution in [0.15, 0.2) is 18.2 Å². The Kier molecular flexibility index (Phi) is 3.60. The molecule has 13 heavy (non-hydrogen) atoms. The molecule has 1 rings (SSSR count). The Morgan fingerprint density at radius 1 is 1.62 bits per heavy atom. The Balaban J connectivity index is 3.05. The molecule has 0 aliphatic rings. The largest absolute Gasteiger partial charge is 0.302 e. The van der Waals surface area contributed by atoms with Crippen LogP contribution in [0.1, 0.15) is 22.9 Å². The summed E-state index contributed by atoms with van der Waals surface area (Å²) >= 11 is 3.18. The van der Waals surface area contributed by atoms with Gasteiger partial charge in [0.1, 0.15) is 12.1 Å². The Labute approximate surface area is 85.1 Å².